The van der Waals surface area contributed by atoms with E-state index in [1.54, 1.807) is 37.4 Å². The number of H-pyrrole nitrogens is 1. The highest BCUT2D eigenvalue weighted by atomic mass is 35.5. The van der Waals surface area contributed by atoms with Gasteiger partial charge in [-0.1, -0.05) is 41.9 Å². The van der Waals surface area contributed by atoms with Crippen molar-refractivity contribution < 1.29 is 14.4 Å². The third kappa shape index (κ3) is 2.78. The second-order valence-electron chi connectivity index (χ2n) is 6.62. The number of imide groups is 1. The van der Waals surface area contributed by atoms with Gasteiger partial charge >= 0.3 is 6.03 Å². The van der Waals surface area contributed by atoms with Gasteiger partial charge in [0.15, 0.2) is 5.78 Å². The molecule has 2 aromatic carbocycles. The summed E-state index contributed by atoms with van der Waals surface area (Å²) in [5.74, 6) is -0.778. The fourth-order valence-electron chi connectivity index (χ4n) is 3.35. The van der Waals surface area contributed by atoms with E-state index in [2.05, 4.69) is 10.3 Å². The Morgan fingerprint density at radius 3 is 2.56 bits per heavy atom. The van der Waals surface area contributed by atoms with E-state index in [0.29, 0.717) is 16.1 Å². The van der Waals surface area contributed by atoms with E-state index in [9.17, 15) is 14.4 Å². The molecular weight excluding hydrogens is 366 g/mol. The average molecular weight is 382 g/mol. The summed E-state index contributed by atoms with van der Waals surface area (Å²) in [4.78, 5) is 42.1. The number of urea groups is 1. The largest absolute Gasteiger partial charge is 0.360 e. The Labute approximate surface area is 160 Å². The molecule has 0 unspecified atom stereocenters. The molecule has 1 saturated heterocycles. The SMILES string of the molecule is C[C@]1(c2ccc(Cl)cc2)NC(=O)N(CC(=O)c2c[nH]c3ccccc23)C1=O. The highest BCUT2D eigenvalue weighted by molar-refractivity contribution is 6.30. The monoisotopic (exact) mass is 381 g/mol. The Kier molecular flexibility index (Phi) is 4.00. The van der Waals surface area contributed by atoms with Crippen molar-refractivity contribution in [1.29, 1.82) is 0 Å². The molecule has 136 valence electrons. The highest BCUT2D eigenvalue weighted by Gasteiger charge is 2.49. The summed E-state index contributed by atoms with van der Waals surface area (Å²) in [6.07, 6.45) is 1.60. The van der Waals surface area contributed by atoms with Gasteiger partial charge in [0, 0.05) is 27.7 Å². The quantitative estimate of drug-likeness (QED) is 0.536. The van der Waals surface area contributed by atoms with E-state index in [1.165, 1.54) is 0 Å². The Bertz CT molecular complexity index is 1070. The van der Waals surface area contributed by atoms with E-state index >= 15 is 0 Å². The molecule has 27 heavy (non-hydrogen) atoms. The van der Waals surface area contributed by atoms with Crippen LogP contribution in [-0.2, 0) is 10.3 Å². The summed E-state index contributed by atoms with van der Waals surface area (Å²) >= 11 is 5.90. The fraction of sp³-hybridized carbons (Fsp3) is 0.150. The third-order valence-corrected chi connectivity index (χ3v) is 5.14. The number of halogens is 1. The van der Waals surface area contributed by atoms with Crippen molar-refractivity contribution in [1.82, 2.24) is 15.2 Å². The van der Waals surface area contributed by atoms with Gasteiger partial charge in [-0.05, 0) is 30.7 Å². The molecule has 2 N–H and O–H groups in total. The molecule has 1 aliphatic rings. The van der Waals surface area contributed by atoms with Crippen molar-refractivity contribution in [3.05, 3.63) is 70.9 Å². The number of carbonyl (C=O) groups excluding carboxylic acids is 3. The molecule has 0 spiro atoms. The van der Waals surface area contributed by atoms with Crippen LogP contribution in [0.2, 0.25) is 5.02 Å². The van der Waals surface area contributed by atoms with Crippen LogP contribution >= 0.6 is 11.6 Å². The molecule has 1 aliphatic heterocycles. The summed E-state index contributed by atoms with van der Waals surface area (Å²) < 4.78 is 0. The van der Waals surface area contributed by atoms with Crippen LogP contribution in [0.25, 0.3) is 10.9 Å². The van der Waals surface area contributed by atoms with E-state index in [0.717, 1.165) is 15.8 Å². The number of rotatable bonds is 4. The van der Waals surface area contributed by atoms with Crippen molar-refractivity contribution in [2.45, 2.75) is 12.5 Å². The number of fused-ring (bicyclic) bond motifs is 1. The molecular formula is C20H16ClN3O3. The molecule has 0 radical (unpaired) electrons. The third-order valence-electron chi connectivity index (χ3n) is 4.89. The van der Waals surface area contributed by atoms with E-state index in [-0.39, 0.29) is 12.3 Å². The summed E-state index contributed by atoms with van der Waals surface area (Å²) in [5, 5.41) is 3.98. The van der Waals surface area contributed by atoms with Gasteiger partial charge < -0.3 is 10.3 Å². The summed E-state index contributed by atoms with van der Waals surface area (Å²) in [6.45, 7) is 1.29. The standard InChI is InChI=1S/C20H16ClN3O3/c1-20(12-6-8-13(21)9-7-12)18(26)24(19(27)23-20)11-17(25)15-10-22-16-5-3-2-4-14(15)16/h2-10,22H,11H2,1H3,(H,23,27)/t20-/m1/s1. The van der Waals surface area contributed by atoms with Crippen LogP contribution in [-0.4, -0.2) is 34.2 Å². The Morgan fingerprint density at radius 2 is 1.81 bits per heavy atom. The first-order valence-corrected chi connectivity index (χ1v) is 8.77. The van der Waals surface area contributed by atoms with Gasteiger partial charge in [-0.2, -0.15) is 0 Å². The van der Waals surface area contributed by atoms with Crippen LogP contribution in [0.3, 0.4) is 0 Å². The molecule has 2 heterocycles. The fourth-order valence-corrected chi connectivity index (χ4v) is 3.48. The maximum atomic E-state index is 12.9. The van der Waals surface area contributed by atoms with Crippen LogP contribution in [0, 0.1) is 0 Å². The maximum Gasteiger partial charge on any atom is 0.325 e. The molecule has 6 nitrogen and oxygen atoms in total. The number of nitrogens with zero attached hydrogens (tertiary/aromatic N) is 1. The first-order valence-electron chi connectivity index (χ1n) is 8.39. The number of Topliss-reactive ketones (excluding diaryl/α,β-unsaturated/α-hetero) is 1. The van der Waals surface area contributed by atoms with Gasteiger partial charge in [0.05, 0.1) is 6.54 Å². The minimum Gasteiger partial charge on any atom is -0.360 e. The van der Waals surface area contributed by atoms with Crippen LogP contribution in [0.5, 0.6) is 0 Å². The van der Waals surface area contributed by atoms with E-state index in [4.69, 9.17) is 11.6 Å². The molecule has 0 saturated carbocycles. The summed E-state index contributed by atoms with van der Waals surface area (Å²) in [6, 6.07) is 13.5. The number of ketones is 1. The number of hydrogen-bond donors (Lipinski definition) is 2. The summed E-state index contributed by atoms with van der Waals surface area (Å²) in [7, 11) is 0. The average Bonchev–Trinajstić information content (AvgIpc) is 3.18. The zero-order chi connectivity index (χ0) is 19.2. The maximum absolute atomic E-state index is 12.9. The number of hydrogen-bond acceptors (Lipinski definition) is 3. The van der Waals surface area contributed by atoms with Crippen molar-refractivity contribution in [3.63, 3.8) is 0 Å². The molecule has 1 atom stereocenters. The minimum absolute atomic E-state index is 0.309. The summed E-state index contributed by atoms with van der Waals surface area (Å²) in [5.41, 5.74) is 0.643. The number of aromatic nitrogens is 1. The second kappa shape index (κ2) is 6.25. The topological polar surface area (TPSA) is 82.3 Å². The number of benzene rings is 2. The molecule has 1 aromatic heterocycles. The molecule has 4 rings (SSSR count). The number of para-hydroxylation sites is 1. The zero-order valence-electron chi connectivity index (χ0n) is 14.5. The Morgan fingerprint density at radius 1 is 1.11 bits per heavy atom. The molecule has 7 heteroatoms. The van der Waals surface area contributed by atoms with Crippen LogP contribution in [0.4, 0.5) is 4.79 Å². The highest BCUT2D eigenvalue weighted by Crippen LogP contribution is 2.30. The molecule has 0 bridgehead atoms. The molecule has 0 aliphatic carbocycles. The predicted octanol–water partition coefficient (Wildman–Crippen LogP) is 3.47. The smallest absolute Gasteiger partial charge is 0.325 e. The van der Waals surface area contributed by atoms with Gasteiger partial charge in [0.25, 0.3) is 5.91 Å². The van der Waals surface area contributed by atoms with Crippen molar-refractivity contribution >= 4 is 40.2 Å². The van der Waals surface area contributed by atoms with Crippen LogP contribution in [0.15, 0.2) is 54.7 Å². The lowest BCUT2D eigenvalue weighted by Crippen LogP contribution is -2.41. The lowest BCUT2D eigenvalue weighted by Gasteiger charge is -2.22. The number of nitrogens with one attached hydrogen (secondary N) is 2. The molecule has 3 aromatic rings. The van der Waals surface area contributed by atoms with E-state index < -0.39 is 17.5 Å². The number of aromatic amines is 1. The van der Waals surface area contributed by atoms with E-state index in [1.807, 2.05) is 24.3 Å². The molecule has 3 amide bonds. The van der Waals surface area contributed by atoms with Crippen LogP contribution < -0.4 is 5.32 Å². The lowest BCUT2D eigenvalue weighted by molar-refractivity contribution is -0.130. The van der Waals surface area contributed by atoms with Gasteiger partial charge in [-0.15, -0.1) is 0 Å². The van der Waals surface area contributed by atoms with Crippen molar-refractivity contribution in [2.24, 2.45) is 0 Å². The van der Waals surface area contributed by atoms with Crippen molar-refractivity contribution in [2.75, 3.05) is 6.54 Å². The van der Waals surface area contributed by atoms with Crippen molar-refractivity contribution in [3.8, 4) is 0 Å². The number of carbonyl (C=O) groups is 3. The first kappa shape index (κ1) is 17.3. The van der Waals surface area contributed by atoms with Gasteiger partial charge in [0.1, 0.15) is 5.54 Å². The normalized spacial score (nSPS) is 19.6. The predicted molar refractivity (Wildman–Crippen MR) is 102 cm³/mol. The Hall–Kier alpha value is -3.12. The van der Waals surface area contributed by atoms with Crippen LogP contribution in [0.1, 0.15) is 22.8 Å². The lowest BCUT2D eigenvalue weighted by atomic mass is 9.92. The zero-order valence-corrected chi connectivity index (χ0v) is 15.2. The molecule has 1 fully saturated rings. The van der Waals surface area contributed by atoms with Gasteiger partial charge in [-0.25, -0.2) is 4.79 Å². The first-order chi connectivity index (χ1) is 12.9. The number of amides is 3. The second-order valence-corrected chi connectivity index (χ2v) is 7.06. The van der Waals surface area contributed by atoms with Gasteiger partial charge in [0.2, 0.25) is 0 Å². The minimum atomic E-state index is -1.23. The Balaban J connectivity index is 1.61. The van der Waals surface area contributed by atoms with Gasteiger partial charge in [-0.3, -0.25) is 14.5 Å².